The first-order chi connectivity index (χ1) is 9.30. The zero-order valence-corrected chi connectivity index (χ0v) is 11.0. The van der Waals surface area contributed by atoms with Crippen LogP contribution in [-0.2, 0) is 4.79 Å². The molecule has 0 fully saturated rings. The molecule has 0 aliphatic rings. The van der Waals surface area contributed by atoms with Crippen LogP contribution in [0, 0.1) is 0 Å². The Balaban J connectivity index is 2.86. The fourth-order valence-corrected chi connectivity index (χ4v) is 1.27. The van der Waals surface area contributed by atoms with Crippen LogP contribution in [0.5, 0.6) is 0 Å². The van der Waals surface area contributed by atoms with Gasteiger partial charge in [-0.25, -0.2) is 0 Å². The number of anilines is 1. The molecule has 20 heavy (non-hydrogen) atoms. The van der Waals surface area contributed by atoms with Gasteiger partial charge >= 0.3 is 12.1 Å². The minimum atomic E-state index is -4.91. The van der Waals surface area contributed by atoms with Gasteiger partial charge in [-0.05, 0) is 17.7 Å². The van der Waals surface area contributed by atoms with E-state index in [1.807, 2.05) is 5.32 Å². The van der Waals surface area contributed by atoms with E-state index in [4.69, 9.17) is 0 Å². The van der Waals surface area contributed by atoms with Gasteiger partial charge in [0.2, 0.25) is 0 Å². The van der Waals surface area contributed by atoms with E-state index in [1.54, 1.807) is 43.4 Å². The maximum absolute atomic E-state index is 12.2. The van der Waals surface area contributed by atoms with E-state index < -0.39 is 12.1 Å². The Morgan fingerprint density at radius 3 is 2.55 bits per heavy atom. The van der Waals surface area contributed by atoms with Crippen molar-refractivity contribution in [2.24, 2.45) is 5.10 Å². The first-order valence-electron chi connectivity index (χ1n) is 5.66. The van der Waals surface area contributed by atoms with E-state index in [9.17, 15) is 18.0 Å². The summed E-state index contributed by atoms with van der Waals surface area (Å²) in [5, 5.41) is 7.32. The topological polar surface area (TPSA) is 44.7 Å². The Bertz CT molecular complexity index is 522. The second-order valence-electron chi connectivity index (χ2n) is 4.01. The van der Waals surface area contributed by atoms with Crippen molar-refractivity contribution in [2.75, 3.05) is 19.4 Å². The van der Waals surface area contributed by atoms with Crippen molar-refractivity contribution in [3.05, 3.63) is 35.9 Å². The lowest BCUT2D eigenvalue weighted by molar-refractivity contribution is -0.167. The van der Waals surface area contributed by atoms with E-state index in [1.165, 1.54) is 18.3 Å². The van der Waals surface area contributed by atoms with Crippen molar-refractivity contribution < 1.29 is 18.0 Å². The molecule has 7 heteroatoms. The van der Waals surface area contributed by atoms with Crippen molar-refractivity contribution in [3.8, 4) is 0 Å². The van der Waals surface area contributed by atoms with E-state index in [0.29, 0.717) is 5.56 Å². The van der Waals surface area contributed by atoms with E-state index in [-0.39, 0.29) is 5.69 Å². The van der Waals surface area contributed by atoms with E-state index in [2.05, 4.69) is 5.10 Å². The molecule has 1 amide bonds. The summed E-state index contributed by atoms with van der Waals surface area (Å²) >= 11 is 0. The smallest absolute Gasteiger partial charge is 0.318 e. The predicted molar refractivity (Wildman–Crippen MR) is 72.3 cm³/mol. The average Bonchev–Trinajstić information content (AvgIpc) is 2.35. The third kappa shape index (κ3) is 5.13. The number of alkyl halides is 3. The highest BCUT2D eigenvalue weighted by Crippen LogP contribution is 2.21. The zero-order valence-electron chi connectivity index (χ0n) is 11.0. The second-order valence-corrected chi connectivity index (χ2v) is 4.01. The van der Waals surface area contributed by atoms with Crippen LogP contribution in [-0.4, -0.2) is 37.4 Å². The third-order valence-corrected chi connectivity index (χ3v) is 2.13. The number of carbonyl (C=O) groups is 1. The highest BCUT2D eigenvalue weighted by atomic mass is 19.4. The molecule has 1 aromatic carbocycles. The molecule has 108 valence electrons. The summed E-state index contributed by atoms with van der Waals surface area (Å²) in [6.07, 6.45) is -0.302. The SMILES string of the molecule is CN(C)N=CC=Cc1ccccc1NC(=O)C(F)(F)F. The fourth-order valence-electron chi connectivity index (χ4n) is 1.27. The number of amides is 1. The number of nitrogens with one attached hydrogen (secondary N) is 1. The molecule has 0 saturated heterocycles. The monoisotopic (exact) mass is 285 g/mol. The predicted octanol–water partition coefficient (Wildman–Crippen LogP) is 2.75. The summed E-state index contributed by atoms with van der Waals surface area (Å²) in [5.41, 5.74) is 0.541. The number of benzene rings is 1. The normalized spacial score (nSPS) is 12.1. The molecular formula is C13H14F3N3O. The van der Waals surface area contributed by atoms with E-state index >= 15 is 0 Å². The first kappa shape index (κ1) is 15.7. The van der Waals surface area contributed by atoms with Crippen LogP contribution in [0.4, 0.5) is 18.9 Å². The third-order valence-electron chi connectivity index (χ3n) is 2.13. The lowest BCUT2D eigenvalue weighted by Gasteiger charge is -2.10. The average molecular weight is 285 g/mol. The van der Waals surface area contributed by atoms with Crippen LogP contribution in [0.15, 0.2) is 35.4 Å². The fraction of sp³-hybridized carbons (Fsp3) is 0.231. The summed E-state index contributed by atoms with van der Waals surface area (Å²) in [7, 11) is 3.48. The molecule has 0 aliphatic heterocycles. The molecule has 1 aromatic rings. The Morgan fingerprint density at radius 1 is 1.30 bits per heavy atom. The number of allylic oxidation sites excluding steroid dienone is 1. The largest absolute Gasteiger partial charge is 0.471 e. The molecule has 0 bridgehead atoms. The number of halogens is 3. The zero-order chi connectivity index (χ0) is 15.2. The van der Waals surface area contributed by atoms with Gasteiger partial charge in [0, 0.05) is 26.0 Å². The molecule has 0 aromatic heterocycles. The summed E-state index contributed by atoms with van der Waals surface area (Å²) in [6.45, 7) is 0. The molecule has 0 saturated carbocycles. The van der Waals surface area contributed by atoms with Crippen LogP contribution in [0.1, 0.15) is 5.56 Å². The van der Waals surface area contributed by atoms with Gasteiger partial charge in [0.15, 0.2) is 0 Å². The molecule has 1 N–H and O–H groups in total. The minimum Gasteiger partial charge on any atom is -0.318 e. The van der Waals surface area contributed by atoms with Crippen LogP contribution in [0.2, 0.25) is 0 Å². The summed E-state index contributed by atoms with van der Waals surface area (Å²) in [5.74, 6) is -2.00. The Kier molecular flexibility index (Phi) is 5.31. The van der Waals surface area contributed by atoms with Gasteiger partial charge in [-0.15, -0.1) is 0 Å². The summed E-state index contributed by atoms with van der Waals surface area (Å²) < 4.78 is 36.6. The summed E-state index contributed by atoms with van der Waals surface area (Å²) in [4.78, 5) is 10.9. The molecule has 0 atom stereocenters. The van der Waals surface area contributed by atoms with Crippen LogP contribution in [0.3, 0.4) is 0 Å². The molecule has 1 rings (SSSR count). The van der Waals surface area contributed by atoms with Crippen molar-refractivity contribution in [3.63, 3.8) is 0 Å². The highest BCUT2D eigenvalue weighted by molar-refractivity contribution is 5.97. The molecular weight excluding hydrogens is 271 g/mol. The number of hydrazone groups is 1. The molecule has 0 spiro atoms. The molecule has 0 aliphatic carbocycles. The van der Waals surface area contributed by atoms with Gasteiger partial charge in [0.05, 0.1) is 0 Å². The van der Waals surface area contributed by atoms with Gasteiger partial charge in [-0.1, -0.05) is 24.3 Å². The highest BCUT2D eigenvalue weighted by Gasteiger charge is 2.38. The Hall–Kier alpha value is -2.31. The van der Waals surface area contributed by atoms with Crippen molar-refractivity contribution in [1.82, 2.24) is 5.01 Å². The number of nitrogens with zero attached hydrogens (tertiary/aromatic N) is 2. The van der Waals surface area contributed by atoms with E-state index in [0.717, 1.165) is 0 Å². The van der Waals surface area contributed by atoms with Crippen molar-refractivity contribution in [2.45, 2.75) is 6.18 Å². The maximum Gasteiger partial charge on any atom is 0.471 e. The van der Waals surface area contributed by atoms with Gasteiger partial charge in [0.1, 0.15) is 0 Å². The number of para-hydroxylation sites is 1. The minimum absolute atomic E-state index is 0.0873. The maximum atomic E-state index is 12.2. The Morgan fingerprint density at radius 2 is 1.95 bits per heavy atom. The molecule has 0 heterocycles. The lowest BCUT2D eigenvalue weighted by Crippen LogP contribution is -2.30. The number of rotatable bonds is 4. The summed E-state index contributed by atoms with van der Waals surface area (Å²) in [6, 6.07) is 6.18. The lowest BCUT2D eigenvalue weighted by atomic mass is 10.1. The van der Waals surface area contributed by atoms with Crippen LogP contribution >= 0.6 is 0 Å². The first-order valence-corrected chi connectivity index (χ1v) is 5.66. The van der Waals surface area contributed by atoms with Crippen LogP contribution < -0.4 is 5.32 Å². The quantitative estimate of drug-likeness (QED) is 0.683. The standard InChI is InChI=1S/C13H14F3N3O/c1-19(2)17-9-5-7-10-6-3-4-8-11(10)18-12(20)13(14,15)16/h3-9H,1-2H3,(H,18,20). The molecule has 0 radical (unpaired) electrons. The number of hydrogen-bond donors (Lipinski definition) is 1. The number of carbonyl (C=O) groups excluding carboxylic acids is 1. The van der Waals surface area contributed by atoms with Gasteiger partial charge < -0.3 is 10.3 Å². The van der Waals surface area contributed by atoms with Crippen LogP contribution in [0.25, 0.3) is 6.08 Å². The second kappa shape index (κ2) is 6.74. The van der Waals surface area contributed by atoms with Gasteiger partial charge in [0.25, 0.3) is 0 Å². The van der Waals surface area contributed by atoms with Gasteiger partial charge in [-0.3, -0.25) is 4.79 Å². The molecule has 4 nitrogen and oxygen atoms in total. The molecule has 0 unspecified atom stereocenters. The Labute approximate surface area is 114 Å². The number of hydrogen-bond acceptors (Lipinski definition) is 3. The van der Waals surface area contributed by atoms with Gasteiger partial charge in [-0.2, -0.15) is 18.3 Å². The van der Waals surface area contributed by atoms with Crippen molar-refractivity contribution in [1.29, 1.82) is 0 Å². The van der Waals surface area contributed by atoms with Crippen molar-refractivity contribution >= 4 is 23.9 Å².